The molecule has 0 saturated heterocycles. The van der Waals surface area contributed by atoms with Gasteiger partial charge in [-0.3, -0.25) is 0 Å². The molecule has 2 aromatic heterocycles. The molecule has 0 aliphatic carbocycles. The molecule has 0 radical (unpaired) electrons. The van der Waals surface area contributed by atoms with Crippen molar-refractivity contribution >= 4 is 38.8 Å². The number of unbranched alkanes of at least 4 members (excludes halogenated alkanes) is 1. The first-order chi connectivity index (χ1) is 13.1. The molecule has 0 aliphatic heterocycles. The molecular weight excluding hydrogens is 410 g/mol. The first kappa shape index (κ1) is 19.4. The van der Waals surface area contributed by atoms with E-state index in [1.807, 2.05) is 42.3 Å². The molecule has 0 saturated carbocycles. The number of benzene rings is 1. The summed E-state index contributed by atoms with van der Waals surface area (Å²) in [5.74, 6) is 1.04. The Morgan fingerprint density at radius 2 is 2.04 bits per heavy atom. The van der Waals surface area contributed by atoms with E-state index < -0.39 is 6.04 Å². The number of halogens is 1. The summed E-state index contributed by atoms with van der Waals surface area (Å²) in [4.78, 5) is 22.9. The standard InChI is InChI=1S/C20H22BrN3O3/c1-4-5-11-14(20(25)26-3)24(2)18-15-16(21)17(13-9-7-6-8-10-13)27-19(15)23-12-22-18/h6-10,12,14H,4-5,11H2,1-3H3. The monoisotopic (exact) mass is 431 g/mol. The smallest absolute Gasteiger partial charge is 0.328 e. The number of rotatable bonds is 7. The number of esters is 1. The second-order valence-corrected chi connectivity index (χ2v) is 7.07. The van der Waals surface area contributed by atoms with Crippen LogP contribution in [0.3, 0.4) is 0 Å². The number of methoxy groups -OCH3 is 1. The Morgan fingerprint density at radius 3 is 2.70 bits per heavy atom. The number of nitrogens with zero attached hydrogens (tertiary/aromatic N) is 3. The summed E-state index contributed by atoms with van der Waals surface area (Å²) in [5, 5.41) is 0.740. The molecule has 0 fully saturated rings. The van der Waals surface area contributed by atoms with Gasteiger partial charge < -0.3 is 14.1 Å². The highest BCUT2D eigenvalue weighted by Crippen LogP contribution is 2.40. The third kappa shape index (κ3) is 3.83. The van der Waals surface area contributed by atoms with Gasteiger partial charge in [-0.15, -0.1) is 0 Å². The first-order valence-electron chi connectivity index (χ1n) is 8.87. The normalized spacial score (nSPS) is 12.1. The van der Waals surface area contributed by atoms with Crippen molar-refractivity contribution in [2.75, 3.05) is 19.1 Å². The Labute approximate surface area is 166 Å². The molecule has 7 heteroatoms. The van der Waals surface area contributed by atoms with Crippen LogP contribution >= 0.6 is 15.9 Å². The van der Waals surface area contributed by atoms with Crippen molar-refractivity contribution in [3.05, 3.63) is 41.1 Å². The van der Waals surface area contributed by atoms with E-state index >= 15 is 0 Å². The van der Waals surface area contributed by atoms with Gasteiger partial charge in [-0.25, -0.2) is 14.8 Å². The van der Waals surface area contributed by atoms with Crippen LogP contribution in [0.25, 0.3) is 22.4 Å². The van der Waals surface area contributed by atoms with Gasteiger partial charge >= 0.3 is 5.97 Å². The van der Waals surface area contributed by atoms with Crippen molar-refractivity contribution in [1.82, 2.24) is 9.97 Å². The second-order valence-electron chi connectivity index (χ2n) is 6.28. The van der Waals surface area contributed by atoms with Crippen molar-refractivity contribution < 1.29 is 13.9 Å². The number of aromatic nitrogens is 2. The minimum atomic E-state index is -0.421. The fourth-order valence-electron chi connectivity index (χ4n) is 3.08. The summed E-state index contributed by atoms with van der Waals surface area (Å²) in [5.41, 5.74) is 1.41. The van der Waals surface area contributed by atoms with Crippen LogP contribution in [0.4, 0.5) is 5.82 Å². The fourth-order valence-corrected chi connectivity index (χ4v) is 3.74. The lowest BCUT2D eigenvalue weighted by Crippen LogP contribution is -2.40. The van der Waals surface area contributed by atoms with Gasteiger partial charge in [-0.2, -0.15) is 0 Å². The van der Waals surface area contributed by atoms with Crippen molar-refractivity contribution in [2.45, 2.75) is 32.2 Å². The molecule has 1 aromatic carbocycles. The highest BCUT2D eigenvalue weighted by molar-refractivity contribution is 9.10. The number of carbonyl (C=O) groups is 1. The van der Waals surface area contributed by atoms with E-state index in [1.54, 1.807) is 0 Å². The van der Waals surface area contributed by atoms with E-state index in [2.05, 4.69) is 32.8 Å². The maximum Gasteiger partial charge on any atom is 0.328 e. The van der Waals surface area contributed by atoms with Gasteiger partial charge in [0.25, 0.3) is 0 Å². The molecule has 0 spiro atoms. The highest BCUT2D eigenvalue weighted by Gasteiger charge is 2.28. The molecule has 0 aliphatic rings. The Bertz CT molecular complexity index is 927. The molecule has 1 unspecified atom stereocenters. The Kier molecular flexibility index (Phi) is 6.11. The highest BCUT2D eigenvalue weighted by atomic mass is 79.9. The minimum absolute atomic E-state index is 0.277. The number of hydrogen-bond acceptors (Lipinski definition) is 6. The van der Waals surface area contributed by atoms with Crippen molar-refractivity contribution in [1.29, 1.82) is 0 Å². The van der Waals surface area contributed by atoms with E-state index in [4.69, 9.17) is 9.15 Å². The van der Waals surface area contributed by atoms with E-state index in [0.29, 0.717) is 23.7 Å². The minimum Gasteiger partial charge on any atom is -0.467 e. The molecule has 2 heterocycles. The number of fused-ring (bicyclic) bond motifs is 1. The predicted molar refractivity (Wildman–Crippen MR) is 109 cm³/mol. The molecule has 1 atom stereocenters. The summed E-state index contributed by atoms with van der Waals surface area (Å²) in [7, 11) is 3.26. The molecule has 142 valence electrons. The summed E-state index contributed by atoms with van der Waals surface area (Å²) < 4.78 is 11.8. The van der Waals surface area contributed by atoms with Crippen molar-refractivity contribution in [2.24, 2.45) is 0 Å². The Morgan fingerprint density at radius 1 is 1.30 bits per heavy atom. The number of hydrogen-bond donors (Lipinski definition) is 0. The fraction of sp³-hybridized carbons (Fsp3) is 0.350. The van der Waals surface area contributed by atoms with E-state index in [0.717, 1.165) is 28.3 Å². The topological polar surface area (TPSA) is 68.5 Å². The Balaban J connectivity index is 2.08. The van der Waals surface area contributed by atoms with Gasteiger partial charge in [-0.05, 0) is 22.4 Å². The van der Waals surface area contributed by atoms with Gasteiger partial charge in [0.1, 0.15) is 18.2 Å². The average Bonchev–Trinajstić information content (AvgIpc) is 3.05. The quantitative estimate of drug-likeness (QED) is 0.499. The number of furan rings is 1. The van der Waals surface area contributed by atoms with Crippen LogP contribution < -0.4 is 4.90 Å². The predicted octanol–water partition coefficient (Wildman–Crippen LogP) is 4.82. The van der Waals surface area contributed by atoms with Gasteiger partial charge in [0.15, 0.2) is 5.76 Å². The van der Waals surface area contributed by atoms with Gasteiger partial charge in [0, 0.05) is 12.6 Å². The largest absolute Gasteiger partial charge is 0.467 e. The summed E-state index contributed by atoms with van der Waals surface area (Å²) in [6.45, 7) is 2.09. The molecule has 0 bridgehead atoms. The molecule has 0 amide bonds. The average molecular weight is 432 g/mol. The second kappa shape index (κ2) is 8.52. The van der Waals surface area contributed by atoms with Crippen LogP contribution in [0.15, 0.2) is 45.5 Å². The number of ether oxygens (including phenoxy) is 1. The van der Waals surface area contributed by atoms with Crippen molar-refractivity contribution in [3.8, 4) is 11.3 Å². The van der Waals surface area contributed by atoms with Crippen LogP contribution in [0.5, 0.6) is 0 Å². The summed E-state index contributed by atoms with van der Waals surface area (Å²) in [6.07, 6.45) is 4.05. The number of carbonyl (C=O) groups excluding carboxylic acids is 1. The molecule has 6 nitrogen and oxygen atoms in total. The molecule has 3 rings (SSSR count). The number of likely N-dealkylation sites (N-methyl/N-ethyl adjacent to an activating group) is 1. The van der Waals surface area contributed by atoms with Crippen molar-refractivity contribution in [3.63, 3.8) is 0 Å². The van der Waals surface area contributed by atoms with Gasteiger partial charge in [0.05, 0.1) is 17.0 Å². The number of anilines is 1. The lowest BCUT2D eigenvalue weighted by molar-refractivity contribution is -0.142. The molecule has 27 heavy (non-hydrogen) atoms. The van der Waals surface area contributed by atoms with E-state index in [9.17, 15) is 4.79 Å². The van der Waals surface area contributed by atoms with E-state index in [-0.39, 0.29) is 5.97 Å². The van der Waals surface area contributed by atoms with Crippen LogP contribution in [0, 0.1) is 0 Å². The third-order valence-electron chi connectivity index (χ3n) is 4.55. The molecule has 0 N–H and O–H groups in total. The Hall–Kier alpha value is -2.41. The van der Waals surface area contributed by atoms with Gasteiger partial charge in [0.2, 0.25) is 5.71 Å². The first-order valence-corrected chi connectivity index (χ1v) is 9.66. The van der Waals surface area contributed by atoms with Crippen LogP contribution in [0.1, 0.15) is 26.2 Å². The lowest BCUT2D eigenvalue weighted by atomic mass is 10.1. The van der Waals surface area contributed by atoms with Crippen LogP contribution in [-0.2, 0) is 9.53 Å². The molecule has 3 aromatic rings. The maximum atomic E-state index is 12.3. The SMILES string of the molecule is CCCCC(C(=O)OC)N(C)c1ncnc2oc(-c3ccccc3)c(Br)c12. The maximum absolute atomic E-state index is 12.3. The zero-order chi connectivity index (χ0) is 19.4. The van der Waals surface area contributed by atoms with E-state index in [1.165, 1.54) is 13.4 Å². The summed E-state index contributed by atoms with van der Waals surface area (Å²) >= 11 is 3.65. The zero-order valence-electron chi connectivity index (χ0n) is 15.6. The van der Waals surface area contributed by atoms with Crippen LogP contribution in [0.2, 0.25) is 0 Å². The van der Waals surface area contributed by atoms with Crippen LogP contribution in [-0.4, -0.2) is 36.1 Å². The third-order valence-corrected chi connectivity index (χ3v) is 5.31. The lowest BCUT2D eigenvalue weighted by Gasteiger charge is -2.27. The zero-order valence-corrected chi connectivity index (χ0v) is 17.2. The summed E-state index contributed by atoms with van der Waals surface area (Å²) in [6, 6.07) is 9.37. The molecular formula is C20H22BrN3O3. The van der Waals surface area contributed by atoms with Gasteiger partial charge in [-0.1, -0.05) is 50.1 Å².